The Morgan fingerprint density at radius 1 is 1.59 bits per heavy atom. The van der Waals surface area contributed by atoms with Crippen LogP contribution in [0, 0.1) is 6.92 Å². The van der Waals surface area contributed by atoms with Gasteiger partial charge in [-0.3, -0.25) is 9.40 Å². The van der Waals surface area contributed by atoms with Crippen LogP contribution in [0.3, 0.4) is 0 Å². The first kappa shape index (κ1) is 13.9. The predicted molar refractivity (Wildman–Crippen MR) is 66.8 cm³/mol. The summed E-state index contributed by atoms with van der Waals surface area (Å²) in [4.78, 5) is 0. The molecule has 3 N–H and O–H groups in total. The van der Waals surface area contributed by atoms with Crippen molar-refractivity contribution in [3.63, 3.8) is 0 Å². The Kier molecular flexibility index (Phi) is 4.49. The maximum absolute atomic E-state index is 11.9. The fraction of sp³-hybridized carbons (Fsp3) is 0.667. The van der Waals surface area contributed by atoms with Gasteiger partial charge in [-0.2, -0.15) is 17.8 Å². The van der Waals surface area contributed by atoms with Gasteiger partial charge >= 0.3 is 10.2 Å². The minimum Gasteiger partial charge on any atom is -0.330 e. The summed E-state index contributed by atoms with van der Waals surface area (Å²) in [5.41, 5.74) is 6.48. The number of hydrogen-bond acceptors (Lipinski definition) is 4. The van der Waals surface area contributed by atoms with Crippen molar-refractivity contribution in [1.29, 1.82) is 0 Å². The van der Waals surface area contributed by atoms with E-state index in [9.17, 15) is 8.42 Å². The molecule has 0 saturated carbocycles. The zero-order chi connectivity index (χ0) is 13.1. The molecule has 0 saturated heterocycles. The lowest BCUT2D eigenvalue weighted by atomic mass is 10.4. The Balaban J connectivity index is 2.76. The van der Waals surface area contributed by atoms with E-state index >= 15 is 0 Å². The van der Waals surface area contributed by atoms with Gasteiger partial charge in [0.1, 0.15) is 0 Å². The minimum absolute atomic E-state index is 0.394. The molecule has 1 heterocycles. The van der Waals surface area contributed by atoms with Gasteiger partial charge in [0.15, 0.2) is 0 Å². The molecule has 0 aliphatic heterocycles. The molecule has 0 aromatic carbocycles. The van der Waals surface area contributed by atoms with Crippen molar-refractivity contribution in [2.45, 2.75) is 13.3 Å². The summed E-state index contributed by atoms with van der Waals surface area (Å²) in [6.45, 7) is 2.61. The maximum Gasteiger partial charge on any atom is 0.301 e. The Labute approximate surface area is 102 Å². The molecule has 0 spiro atoms. The van der Waals surface area contributed by atoms with Gasteiger partial charge in [-0.1, -0.05) is 0 Å². The van der Waals surface area contributed by atoms with Crippen LogP contribution >= 0.6 is 0 Å². The zero-order valence-electron chi connectivity index (χ0n) is 10.3. The quantitative estimate of drug-likeness (QED) is 0.733. The predicted octanol–water partition coefficient (Wildman–Crippen LogP) is -0.334. The summed E-state index contributed by atoms with van der Waals surface area (Å²) in [5, 5.41) is 4.07. The van der Waals surface area contributed by atoms with Crippen molar-refractivity contribution in [1.82, 2.24) is 14.1 Å². The number of nitrogens with one attached hydrogen (secondary N) is 1. The van der Waals surface area contributed by atoms with E-state index < -0.39 is 10.2 Å². The van der Waals surface area contributed by atoms with Crippen LogP contribution < -0.4 is 10.5 Å². The molecule has 98 valence electrons. The van der Waals surface area contributed by atoms with Crippen molar-refractivity contribution in [2.75, 3.05) is 24.9 Å². The number of aryl methyl sites for hydroxylation is 2. The van der Waals surface area contributed by atoms with Crippen molar-refractivity contribution >= 4 is 15.9 Å². The third kappa shape index (κ3) is 3.69. The minimum atomic E-state index is -3.52. The highest BCUT2D eigenvalue weighted by atomic mass is 32.2. The second-order valence-corrected chi connectivity index (χ2v) is 5.65. The molecule has 0 fully saturated rings. The lowest BCUT2D eigenvalue weighted by molar-refractivity contribution is 0.468. The van der Waals surface area contributed by atoms with E-state index in [0.29, 0.717) is 30.9 Å². The van der Waals surface area contributed by atoms with Gasteiger partial charge in [-0.15, -0.1) is 0 Å². The monoisotopic (exact) mass is 261 g/mol. The molecule has 1 aromatic rings. The highest BCUT2D eigenvalue weighted by molar-refractivity contribution is 7.90. The molecule has 0 aliphatic carbocycles. The average molecular weight is 261 g/mol. The Morgan fingerprint density at radius 3 is 2.71 bits per heavy atom. The molecule has 0 radical (unpaired) electrons. The number of hydrogen-bond donors (Lipinski definition) is 2. The molecule has 0 amide bonds. The Morgan fingerprint density at radius 2 is 2.24 bits per heavy atom. The van der Waals surface area contributed by atoms with Crippen LogP contribution in [0.4, 0.5) is 5.69 Å². The third-order valence-corrected chi connectivity index (χ3v) is 3.82. The van der Waals surface area contributed by atoms with Crippen molar-refractivity contribution in [2.24, 2.45) is 12.8 Å². The number of nitrogens with two attached hydrogens (primary N) is 1. The molecule has 1 rings (SSSR count). The highest BCUT2D eigenvalue weighted by Crippen LogP contribution is 2.14. The summed E-state index contributed by atoms with van der Waals surface area (Å²) in [6.07, 6.45) is 2.26. The first-order valence-corrected chi connectivity index (χ1v) is 6.75. The van der Waals surface area contributed by atoms with Gasteiger partial charge in [0, 0.05) is 26.8 Å². The molecule has 0 atom stereocenters. The summed E-state index contributed by atoms with van der Waals surface area (Å²) in [5.74, 6) is 0. The summed E-state index contributed by atoms with van der Waals surface area (Å²) >= 11 is 0. The molecule has 0 aliphatic rings. The van der Waals surface area contributed by atoms with Gasteiger partial charge in [0.25, 0.3) is 0 Å². The fourth-order valence-electron chi connectivity index (χ4n) is 1.35. The Bertz CT molecular complexity index is 468. The number of aromatic nitrogens is 2. The van der Waals surface area contributed by atoms with Gasteiger partial charge in [-0.05, 0) is 19.9 Å². The van der Waals surface area contributed by atoms with Gasteiger partial charge in [0.05, 0.1) is 11.4 Å². The molecule has 0 unspecified atom stereocenters. The standard InChI is InChI=1S/C9H19N5O2S/c1-8-9(7-13(2)11-8)12-17(15,16)14(3)6-4-5-10/h7,12H,4-6,10H2,1-3H3. The Hall–Kier alpha value is -1.12. The first-order valence-electron chi connectivity index (χ1n) is 5.31. The van der Waals surface area contributed by atoms with Crippen LogP contribution in [-0.4, -0.2) is 42.6 Å². The van der Waals surface area contributed by atoms with Crippen LogP contribution in [0.15, 0.2) is 6.20 Å². The lowest BCUT2D eigenvalue weighted by Crippen LogP contribution is -2.34. The molecular weight excluding hydrogens is 242 g/mol. The SMILES string of the molecule is Cc1nn(C)cc1NS(=O)(=O)N(C)CCCN. The van der Waals surface area contributed by atoms with Crippen LogP contribution in [0.2, 0.25) is 0 Å². The van der Waals surface area contributed by atoms with Crippen LogP contribution in [0.25, 0.3) is 0 Å². The smallest absolute Gasteiger partial charge is 0.301 e. The largest absolute Gasteiger partial charge is 0.330 e. The highest BCUT2D eigenvalue weighted by Gasteiger charge is 2.18. The van der Waals surface area contributed by atoms with E-state index in [1.165, 1.54) is 11.4 Å². The van der Waals surface area contributed by atoms with E-state index in [1.807, 2.05) is 0 Å². The van der Waals surface area contributed by atoms with Gasteiger partial charge in [-0.25, -0.2) is 0 Å². The summed E-state index contributed by atoms with van der Waals surface area (Å²) < 4.78 is 29.1. The maximum atomic E-state index is 11.9. The topological polar surface area (TPSA) is 93.2 Å². The van der Waals surface area contributed by atoms with E-state index in [0.717, 1.165) is 0 Å². The van der Waals surface area contributed by atoms with Crippen molar-refractivity contribution in [3.8, 4) is 0 Å². The molecule has 0 bridgehead atoms. The zero-order valence-corrected chi connectivity index (χ0v) is 11.2. The van der Waals surface area contributed by atoms with Gasteiger partial charge in [0.2, 0.25) is 0 Å². The molecule has 17 heavy (non-hydrogen) atoms. The average Bonchev–Trinajstić information content (AvgIpc) is 2.53. The second kappa shape index (κ2) is 5.48. The van der Waals surface area contributed by atoms with E-state index in [1.54, 1.807) is 24.9 Å². The lowest BCUT2D eigenvalue weighted by Gasteiger charge is -2.17. The second-order valence-electron chi connectivity index (χ2n) is 3.87. The fourth-order valence-corrected chi connectivity index (χ4v) is 2.35. The normalized spacial score (nSPS) is 12.1. The van der Waals surface area contributed by atoms with Crippen LogP contribution in [0.1, 0.15) is 12.1 Å². The van der Waals surface area contributed by atoms with E-state index in [-0.39, 0.29) is 0 Å². The van der Waals surface area contributed by atoms with Gasteiger partial charge < -0.3 is 5.73 Å². The molecular formula is C9H19N5O2S. The van der Waals surface area contributed by atoms with Crippen LogP contribution in [0.5, 0.6) is 0 Å². The van der Waals surface area contributed by atoms with E-state index in [4.69, 9.17) is 5.73 Å². The molecule has 7 nitrogen and oxygen atoms in total. The first-order chi connectivity index (χ1) is 7.86. The van der Waals surface area contributed by atoms with Crippen molar-refractivity contribution in [3.05, 3.63) is 11.9 Å². The summed E-state index contributed by atoms with van der Waals surface area (Å²) in [6, 6.07) is 0. The number of anilines is 1. The van der Waals surface area contributed by atoms with Crippen LogP contribution in [-0.2, 0) is 17.3 Å². The number of rotatable bonds is 6. The third-order valence-electron chi connectivity index (χ3n) is 2.34. The summed E-state index contributed by atoms with van der Waals surface area (Å²) in [7, 11) is -0.264. The van der Waals surface area contributed by atoms with Crippen molar-refractivity contribution < 1.29 is 8.42 Å². The molecule has 8 heteroatoms. The number of nitrogens with zero attached hydrogens (tertiary/aromatic N) is 3. The van der Waals surface area contributed by atoms with E-state index in [2.05, 4.69) is 9.82 Å². The molecule has 1 aromatic heterocycles.